The van der Waals surface area contributed by atoms with E-state index in [2.05, 4.69) is 99.6 Å². The second-order valence-electron chi connectivity index (χ2n) is 9.81. The monoisotopic (exact) mass is 436 g/mol. The summed E-state index contributed by atoms with van der Waals surface area (Å²) in [7, 11) is 0. The van der Waals surface area contributed by atoms with Gasteiger partial charge in [-0.1, -0.05) is 120 Å². The van der Waals surface area contributed by atoms with Crippen molar-refractivity contribution in [1.82, 2.24) is 0 Å². The summed E-state index contributed by atoms with van der Waals surface area (Å²) < 4.78 is 0. The zero-order chi connectivity index (χ0) is 23.1. The average molecular weight is 437 g/mol. The maximum Gasteiger partial charge on any atom is -0.00458 e. The average Bonchev–Trinajstić information content (AvgIpc) is 2.88. The van der Waals surface area contributed by atoms with Crippen LogP contribution in [0, 0.1) is 0 Å². The highest BCUT2D eigenvalue weighted by Gasteiger charge is 2.31. The van der Waals surface area contributed by atoms with Crippen LogP contribution in [0.2, 0.25) is 0 Å². The predicted molar refractivity (Wildman–Crippen MR) is 147 cm³/mol. The number of fused-ring (bicyclic) bond motifs is 2. The number of hydrogen-bond acceptors (Lipinski definition) is 0. The molecule has 0 heterocycles. The molecule has 0 N–H and O–H groups in total. The van der Waals surface area contributed by atoms with E-state index >= 15 is 0 Å². The smallest absolute Gasteiger partial charge is 0.00458 e. The number of rotatable bonds is 11. The Morgan fingerprint density at radius 2 is 1.12 bits per heavy atom. The topological polar surface area (TPSA) is 0 Å². The Morgan fingerprint density at radius 3 is 1.79 bits per heavy atom. The third-order valence-corrected chi connectivity index (χ3v) is 7.88. The molecule has 0 aliphatic carbocycles. The molecule has 0 radical (unpaired) electrons. The third-order valence-electron chi connectivity index (χ3n) is 7.88. The van der Waals surface area contributed by atoms with Gasteiger partial charge in [0.2, 0.25) is 0 Å². The molecule has 4 aromatic rings. The summed E-state index contributed by atoms with van der Waals surface area (Å²) in [5, 5.41) is 5.34. The predicted octanol–water partition coefficient (Wildman–Crippen LogP) is 10.5. The molecule has 0 saturated heterocycles. The van der Waals surface area contributed by atoms with Crippen molar-refractivity contribution in [3.05, 3.63) is 84.4 Å². The maximum atomic E-state index is 2.52. The first-order valence-corrected chi connectivity index (χ1v) is 13.2. The van der Waals surface area contributed by atoms with Crippen molar-refractivity contribution in [2.45, 2.75) is 84.0 Å². The molecule has 0 unspecified atom stereocenters. The van der Waals surface area contributed by atoms with Gasteiger partial charge in [-0.05, 0) is 81.1 Å². The standard InChI is InChI=1S/C33H40/c1-4-7-8-9-10-15-22-33(5-2,6-3)32-25-29-19-14-13-18-28(29)24-31(32)30-21-20-26-16-11-12-17-27(26)23-30/h11-14,16-21,23-25H,4-10,15,22H2,1-3H3. The fourth-order valence-corrected chi connectivity index (χ4v) is 5.64. The summed E-state index contributed by atoms with van der Waals surface area (Å²) in [6.45, 7) is 7.10. The van der Waals surface area contributed by atoms with Gasteiger partial charge in [0, 0.05) is 0 Å². The van der Waals surface area contributed by atoms with Crippen LogP contribution in [0.15, 0.2) is 78.9 Å². The summed E-state index contributed by atoms with van der Waals surface area (Å²) in [6.07, 6.45) is 11.8. The van der Waals surface area contributed by atoms with Gasteiger partial charge in [0.15, 0.2) is 0 Å². The third kappa shape index (κ3) is 5.16. The van der Waals surface area contributed by atoms with Crippen LogP contribution in [0.3, 0.4) is 0 Å². The highest BCUT2D eigenvalue weighted by molar-refractivity contribution is 5.93. The summed E-state index contributed by atoms with van der Waals surface area (Å²) in [5.41, 5.74) is 4.56. The van der Waals surface area contributed by atoms with Crippen molar-refractivity contribution in [1.29, 1.82) is 0 Å². The number of unbranched alkanes of at least 4 members (excludes halogenated alkanes) is 5. The molecule has 4 aromatic carbocycles. The molecule has 4 rings (SSSR count). The SMILES string of the molecule is CCCCCCCCC(CC)(CC)c1cc2ccccc2cc1-c1ccc2ccccc2c1. The summed E-state index contributed by atoms with van der Waals surface area (Å²) in [4.78, 5) is 0. The zero-order valence-corrected chi connectivity index (χ0v) is 20.9. The van der Waals surface area contributed by atoms with E-state index < -0.39 is 0 Å². The molecular formula is C33H40. The van der Waals surface area contributed by atoms with Gasteiger partial charge in [-0.2, -0.15) is 0 Å². The van der Waals surface area contributed by atoms with Gasteiger partial charge >= 0.3 is 0 Å². The first-order valence-electron chi connectivity index (χ1n) is 13.2. The summed E-state index contributed by atoms with van der Waals surface area (Å²) >= 11 is 0. The highest BCUT2D eigenvalue weighted by Crippen LogP contribution is 2.44. The van der Waals surface area contributed by atoms with Crippen LogP contribution in [0.1, 0.15) is 84.1 Å². The second kappa shape index (κ2) is 11.0. The second-order valence-corrected chi connectivity index (χ2v) is 9.81. The van der Waals surface area contributed by atoms with Gasteiger partial charge in [0.05, 0.1) is 0 Å². The van der Waals surface area contributed by atoms with Crippen LogP contribution >= 0.6 is 0 Å². The van der Waals surface area contributed by atoms with E-state index in [4.69, 9.17) is 0 Å². The Kier molecular flexibility index (Phi) is 7.86. The van der Waals surface area contributed by atoms with E-state index in [1.165, 1.54) is 90.5 Å². The molecule has 0 bridgehead atoms. The molecule has 0 saturated carbocycles. The van der Waals surface area contributed by atoms with Crippen molar-refractivity contribution in [2.24, 2.45) is 0 Å². The minimum absolute atomic E-state index is 0.232. The van der Waals surface area contributed by atoms with Crippen LogP contribution in [-0.4, -0.2) is 0 Å². The molecule has 0 amide bonds. The van der Waals surface area contributed by atoms with Crippen LogP contribution < -0.4 is 0 Å². The molecule has 0 aromatic heterocycles. The van der Waals surface area contributed by atoms with Crippen LogP contribution in [0.4, 0.5) is 0 Å². The van der Waals surface area contributed by atoms with Gasteiger partial charge < -0.3 is 0 Å². The van der Waals surface area contributed by atoms with Gasteiger partial charge in [0.1, 0.15) is 0 Å². The van der Waals surface area contributed by atoms with E-state index in [-0.39, 0.29) is 5.41 Å². The van der Waals surface area contributed by atoms with E-state index in [1.54, 1.807) is 5.56 Å². The first kappa shape index (κ1) is 23.6. The van der Waals surface area contributed by atoms with Crippen molar-refractivity contribution >= 4 is 21.5 Å². The van der Waals surface area contributed by atoms with Gasteiger partial charge in [-0.15, -0.1) is 0 Å². The van der Waals surface area contributed by atoms with E-state index in [0.29, 0.717) is 0 Å². The van der Waals surface area contributed by atoms with Crippen molar-refractivity contribution in [2.75, 3.05) is 0 Å². The van der Waals surface area contributed by atoms with Gasteiger partial charge in [-0.3, -0.25) is 0 Å². The molecule has 33 heavy (non-hydrogen) atoms. The largest absolute Gasteiger partial charge is 0.0654 e. The molecule has 0 nitrogen and oxygen atoms in total. The van der Waals surface area contributed by atoms with E-state index in [1.807, 2.05) is 0 Å². The van der Waals surface area contributed by atoms with Crippen LogP contribution in [-0.2, 0) is 5.41 Å². The fraction of sp³-hybridized carbons (Fsp3) is 0.394. The van der Waals surface area contributed by atoms with Crippen molar-refractivity contribution < 1.29 is 0 Å². The van der Waals surface area contributed by atoms with Crippen molar-refractivity contribution in [3.63, 3.8) is 0 Å². The van der Waals surface area contributed by atoms with Gasteiger partial charge in [0.25, 0.3) is 0 Å². The molecular weight excluding hydrogens is 396 g/mol. The van der Waals surface area contributed by atoms with Crippen LogP contribution in [0.25, 0.3) is 32.7 Å². The fourth-order valence-electron chi connectivity index (χ4n) is 5.64. The molecule has 0 spiro atoms. The first-order chi connectivity index (χ1) is 16.2. The molecule has 0 aliphatic heterocycles. The molecule has 0 fully saturated rings. The Hall–Kier alpha value is -2.60. The highest BCUT2D eigenvalue weighted by atomic mass is 14.3. The lowest BCUT2D eigenvalue weighted by atomic mass is 9.69. The lowest BCUT2D eigenvalue weighted by Crippen LogP contribution is -2.25. The summed E-state index contributed by atoms with van der Waals surface area (Å²) in [6, 6.07) is 29.6. The Balaban J connectivity index is 1.78. The minimum atomic E-state index is 0.232. The Bertz CT molecular complexity index is 1180. The van der Waals surface area contributed by atoms with E-state index in [9.17, 15) is 0 Å². The van der Waals surface area contributed by atoms with Crippen molar-refractivity contribution in [3.8, 4) is 11.1 Å². The molecule has 0 aliphatic rings. The number of benzene rings is 4. The maximum absolute atomic E-state index is 2.52. The minimum Gasteiger partial charge on any atom is -0.0654 e. The lowest BCUT2D eigenvalue weighted by Gasteiger charge is -2.35. The quantitative estimate of drug-likeness (QED) is 0.205. The van der Waals surface area contributed by atoms with E-state index in [0.717, 1.165) is 0 Å². The van der Waals surface area contributed by atoms with Crippen LogP contribution in [0.5, 0.6) is 0 Å². The molecule has 172 valence electrons. The molecule has 0 atom stereocenters. The Morgan fingerprint density at radius 1 is 0.545 bits per heavy atom. The van der Waals surface area contributed by atoms with Gasteiger partial charge in [-0.25, -0.2) is 0 Å². The summed E-state index contributed by atoms with van der Waals surface area (Å²) in [5.74, 6) is 0. The lowest BCUT2D eigenvalue weighted by molar-refractivity contribution is 0.349. The molecule has 0 heteroatoms. The zero-order valence-electron chi connectivity index (χ0n) is 20.9. The number of hydrogen-bond donors (Lipinski definition) is 0. The Labute approximate surface area is 201 Å². The normalized spacial score (nSPS) is 12.0.